The van der Waals surface area contributed by atoms with Gasteiger partial charge in [-0.05, 0) is 62.7 Å². The average molecular weight is 364 g/mol. The second-order valence-corrected chi connectivity index (χ2v) is 6.83. The number of amides is 1. The van der Waals surface area contributed by atoms with E-state index in [4.69, 9.17) is 0 Å². The first-order valence-corrected chi connectivity index (χ1v) is 8.90. The summed E-state index contributed by atoms with van der Waals surface area (Å²) in [5.74, 6) is 1.26. The Morgan fingerprint density at radius 3 is 2.15 bits per heavy atom. The number of hydrogen-bond donors (Lipinski definition) is 2. The number of nitrogens with one attached hydrogen (secondary N) is 2. The summed E-state index contributed by atoms with van der Waals surface area (Å²) in [4.78, 5) is 11.7. The Hall–Kier alpha value is -3.22. The Labute approximate surface area is 158 Å². The van der Waals surface area contributed by atoms with Crippen molar-refractivity contribution in [2.24, 2.45) is 5.92 Å². The Bertz CT molecular complexity index is 942. The van der Waals surface area contributed by atoms with Gasteiger partial charge in [-0.3, -0.25) is 4.79 Å². The standard InChI is InChI=1S/C20H24N6O/c1-12(2)20(27)22-17-8-6-16(7-9-17)21-18-10-11-19(24-23-18)26-15(5)13(3)14(4)25-26/h6-12H,1-5H3,(H,21,23)(H,22,27). The minimum atomic E-state index is -0.0532. The number of rotatable bonds is 5. The number of nitrogens with zero attached hydrogens (tertiary/aromatic N) is 4. The summed E-state index contributed by atoms with van der Waals surface area (Å²) in [6.45, 7) is 9.77. The fraction of sp³-hybridized carbons (Fsp3) is 0.300. The zero-order chi connectivity index (χ0) is 19.6. The highest BCUT2D eigenvalue weighted by molar-refractivity contribution is 5.92. The molecule has 7 nitrogen and oxygen atoms in total. The highest BCUT2D eigenvalue weighted by Crippen LogP contribution is 2.19. The lowest BCUT2D eigenvalue weighted by Crippen LogP contribution is -2.17. The van der Waals surface area contributed by atoms with Crippen LogP contribution in [0, 0.1) is 26.7 Å². The minimum Gasteiger partial charge on any atom is -0.339 e. The predicted octanol–water partition coefficient (Wildman–Crippen LogP) is 3.93. The number of carbonyl (C=O) groups excluding carboxylic acids is 1. The van der Waals surface area contributed by atoms with Gasteiger partial charge in [0.2, 0.25) is 5.91 Å². The molecule has 1 amide bonds. The highest BCUT2D eigenvalue weighted by atomic mass is 16.1. The largest absolute Gasteiger partial charge is 0.339 e. The molecule has 0 saturated carbocycles. The lowest BCUT2D eigenvalue weighted by Gasteiger charge is -2.10. The first kappa shape index (κ1) is 18.6. The smallest absolute Gasteiger partial charge is 0.226 e. The average Bonchev–Trinajstić information content (AvgIpc) is 2.91. The number of carbonyl (C=O) groups is 1. The Morgan fingerprint density at radius 2 is 1.63 bits per heavy atom. The molecule has 0 unspecified atom stereocenters. The fourth-order valence-corrected chi connectivity index (χ4v) is 2.52. The second-order valence-electron chi connectivity index (χ2n) is 6.83. The van der Waals surface area contributed by atoms with Crippen LogP contribution >= 0.6 is 0 Å². The van der Waals surface area contributed by atoms with E-state index in [0.717, 1.165) is 28.3 Å². The summed E-state index contributed by atoms with van der Waals surface area (Å²) in [5.41, 5.74) is 4.83. The summed E-state index contributed by atoms with van der Waals surface area (Å²) in [6, 6.07) is 11.2. The van der Waals surface area contributed by atoms with Crippen LogP contribution in [0.4, 0.5) is 17.2 Å². The molecule has 0 atom stereocenters. The van der Waals surface area contributed by atoms with Crippen LogP contribution in [-0.2, 0) is 4.79 Å². The molecule has 0 saturated heterocycles. The van der Waals surface area contributed by atoms with E-state index in [1.165, 1.54) is 0 Å². The molecule has 3 rings (SSSR count). The summed E-state index contributed by atoms with van der Waals surface area (Å²) in [7, 11) is 0. The van der Waals surface area contributed by atoms with Crippen molar-refractivity contribution in [2.75, 3.05) is 10.6 Å². The summed E-state index contributed by atoms with van der Waals surface area (Å²) < 4.78 is 1.80. The van der Waals surface area contributed by atoms with E-state index in [9.17, 15) is 4.79 Å². The topological polar surface area (TPSA) is 84.7 Å². The summed E-state index contributed by atoms with van der Waals surface area (Å²) in [6.07, 6.45) is 0. The molecular weight excluding hydrogens is 340 g/mol. The maximum Gasteiger partial charge on any atom is 0.226 e. The quantitative estimate of drug-likeness (QED) is 0.717. The molecule has 0 spiro atoms. The normalized spacial score (nSPS) is 10.9. The van der Waals surface area contributed by atoms with Crippen LogP contribution < -0.4 is 10.6 Å². The van der Waals surface area contributed by atoms with Gasteiger partial charge < -0.3 is 10.6 Å². The molecule has 3 aromatic rings. The van der Waals surface area contributed by atoms with Gasteiger partial charge in [0.25, 0.3) is 0 Å². The Balaban J connectivity index is 1.69. The van der Waals surface area contributed by atoms with Crippen molar-refractivity contribution in [3.05, 3.63) is 53.3 Å². The number of anilines is 3. The third-order valence-corrected chi connectivity index (χ3v) is 4.47. The van der Waals surface area contributed by atoms with Gasteiger partial charge in [-0.25, -0.2) is 4.68 Å². The SMILES string of the molecule is Cc1nn(-c2ccc(Nc3ccc(NC(=O)C(C)C)cc3)nn2)c(C)c1C. The zero-order valence-corrected chi connectivity index (χ0v) is 16.2. The van der Waals surface area contributed by atoms with Gasteiger partial charge in [0.1, 0.15) is 0 Å². The molecule has 140 valence electrons. The second kappa shape index (κ2) is 7.57. The first-order chi connectivity index (χ1) is 12.8. The molecule has 2 N–H and O–H groups in total. The van der Waals surface area contributed by atoms with Crippen LogP contribution in [-0.4, -0.2) is 25.9 Å². The van der Waals surface area contributed by atoms with E-state index in [-0.39, 0.29) is 11.8 Å². The molecule has 0 aliphatic carbocycles. The predicted molar refractivity (Wildman–Crippen MR) is 107 cm³/mol. The van der Waals surface area contributed by atoms with E-state index in [1.54, 1.807) is 4.68 Å². The van der Waals surface area contributed by atoms with Crippen molar-refractivity contribution in [3.63, 3.8) is 0 Å². The number of aromatic nitrogens is 4. The van der Waals surface area contributed by atoms with Crippen molar-refractivity contribution in [1.82, 2.24) is 20.0 Å². The number of aryl methyl sites for hydroxylation is 1. The minimum absolute atomic E-state index is 0.00319. The third kappa shape index (κ3) is 4.13. The van der Waals surface area contributed by atoms with Crippen molar-refractivity contribution < 1.29 is 4.79 Å². The number of hydrogen-bond acceptors (Lipinski definition) is 5. The molecule has 0 aliphatic rings. The van der Waals surface area contributed by atoms with Crippen LogP contribution in [0.2, 0.25) is 0 Å². The van der Waals surface area contributed by atoms with Crippen molar-refractivity contribution in [1.29, 1.82) is 0 Å². The van der Waals surface area contributed by atoms with E-state index in [2.05, 4.69) is 25.9 Å². The van der Waals surface area contributed by atoms with Crippen LogP contribution in [0.25, 0.3) is 5.82 Å². The molecule has 0 bridgehead atoms. The van der Waals surface area contributed by atoms with Gasteiger partial charge >= 0.3 is 0 Å². The van der Waals surface area contributed by atoms with Gasteiger partial charge in [-0.1, -0.05) is 13.8 Å². The summed E-state index contributed by atoms with van der Waals surface area (Å²) in [5, 5.41) is 19.1. The van der Waals surface area contributed by atoms with E-state index in [0.29, 0.717) is 11.6 Å². The lowest BCUT2D eigenvalue weighted by molar-refractivity contribution is -0.118. The van der Waals surface area contributed by atoms with Gasteiger partial charge in [0.15, 0.2) is 11.6 Å². The van der Waals surface area contributed by atoms with Crippen LogP contribution in [0.3, 0.4) is 0 Å². The molecule has 0 radical (unpaired) electrons. The van der Waals surface area contributed by atoms with Gasteiger partial charge in [-0.2, -0.15) is 5.10 Å². The van der Waals surface area contributed by atoms with Crippen LogP contribution in [0.1, 0.15) is 30.8 Å². The van der Waals surface area contributed by atoms with Gasteiger partial charge in [0.05, 0.1) is 5.69 Å². The number of benzene rings is 1. The zero-order valence-electron chi connectivity index (χ0n) is 16.2. The van der Waals surface area contributed by atoms with Crippen LogP contribution in [0.15, 0.2) is 36.4 Å². The van der Waals surface area contributed by atoms with Crippen molar-refractivity contribution in [3.8, 4) is 5.82 Å². The molecule has 7 heteroatoms. The fourth-order valence-electron chi connectivity index (χ4n) is 2.52. The van der Waals surface area contributed by atoms with E-state index >= 15 is 0 Å². The van der Waals surface area contributed by atoms with Crippen molar-refractivity contribution >= 4 is 23.1 Å². The van der Waals surface area contributed by atoms with Gasteiger partial charge in [0, 0.05) is 23.0 Å². The Kier molecular flexibility index (Phi) is 5.21. The molecule has 0 aliphatic heterocycles. The Morgan fingerprint density at radius 1 is 0.963 bits per heavy atom. The van der Waals surface area contributed by atoms with E-state index in [1.807, 2.05) is 71.0 Å². The highest BCUT2D eigenvalue weighted by Gasteiger charge is 2.10. The molecular formula is C20H24N6O. The first-order valence-electron chi connectivity index (χ1n) is 8.90. The van der Waals surface area contributed by atoms with Crippen molar-refractivity contribution in [2.45, 2.75) is 34.6 Å². The maximum atomic E-state index is 11.7. The van der Waals surface area contributed by atoms with E-state index < -0.39 is 0 Å². The molecule has 2 heterocycles. The lowest BCUT2D eigenvalue weighted by atomic mass is 10.2. The summed E-state index contributed by atoms with van der Waals surface area (Å²) >= 11 is 0. The maximum absolute atomic E-state index is 11.7. The third-order valence-electron chi connectivity index (χ3n) is 4.47. The monoisotopic (exact) mass is 364 g/mol. The molecule has 2 aromatic heterocycles. The molecule has 0 fully saturated rings. The van der Waals surface area contributed by atoms with Crippen LogP contribution in [0.5, 0.6) is 0 Å². The molecule has 27 heavy (non-hydrogen) atoms. The molecule has 1 aromatic carbocycles. The van der Waals surface area contributed by atoms with Gasteiger partial charge in [-0.15, -0.1) is 10.2 Å².